The van der Waals surface area contributed by atoms with Gasteiger partial charge in [0.25, 0.3) is 0 Å². The van der Waals surface area contributed by atoms with Crippen LogP contribution in [0.4, 0.5) is 0 Å². The van der Waals surface area contributed by atoms with Gasteiger partial charge in [-0.05, 0) is 38.1 Å². The van der Waals surface area contributed by atoms with Crippen molar-refractivity contribution in [2.24, 2.45) is 5.92 Å². The molecule has 2 fully saturated rings. The molecule has 1 aliphatic heterocycles. The van der Waals surface area contributed by atoms with Gasteiger partial charge in [-0.15, -0.1) is 0 Å². The zero-order valence-electron chi connectivity index (χ0n) is 10.5. The first kappa shape index (κ1) is 13.3. The Morgan fingerprint density at radius 1 is 1.06 bits per heavy atom. The maximum Gasteiger partial charge on any atom is 0.215 e. The summed E-state index contributed by atoms with van der Waals surface area (Å²) in [6.07, 6.45) is 7.98. The minimum absolute atomic E-state index is 0.222. The summed E-state index contributed by atoms with van der Waals surface area (Å²) in [5.41, 5.74) is 0. The van der Waals surface area contributed by atoms with E-state index in [1.807, 2.05) is 0 Å². The van der Waals surface area contributed by atoms with Crippen molar-refractivity contribution in [1.29, 1.82) is 0 Å². The number of piperidine rings is 1. The van der Waals surface area contributed by atoms with E-state index in [1.54, 1.807) is 0 Å². The maximum absolute atomic E-state index is 12.1. The van der Waals surface area contributed by atoms with Gasteiger partial charge in [-0.1, -0.05) is 19.3 Å². The lowest BCUT2D eigenvalue weighted by molar-refractivity contribution is 0.356. The third-order valence-electron chi connectivity index (χ3n) is 3.99. The Morgan fingerprint density at radius 2 is 1.82 bits per heavy atom. The van der Waals surface area contributed by atoms with Crippen molar-refractivity contribution >= 4 is 10.0 Å². The molecule has 4 nitrogen and oxygen atoms in total. The second-order valence-electron chi connectivity index (χ2n) is 5.37. The molecule has 1 atom stereocenters. The minimum Gasteiger partial charge on any atom is -0.315 e. The van der Waals surface area contributed by atoms with Crippen molar-refractivity contribution in [3.8, 4) is 0 Å². The van der Waals surface area contributed by atoms with Crippen LogP contribution >= 0.6 is 0 Å². The molecule has 0 amide bonds. The molecule has 5 heteroatoms. The first-order chi connectivity index (χ1) is 8.18. The van der Waals surface area contributed by atoms with E-state index in [0.29, 0.717) is 19.0 Å². The van der Waals surface area contributed by atoms with Gasteiger partial charge in [0.1, 0.15) is 0 Å². The van der Waals surface area contributed by atoms with E-state index >= 15 is 0 Å². The lowest BCUT2D eigenvalue weighted by Crippen LogP contribution is -2.45. The fraction of sp³-hybridized carbons (Fsp3) is 1.00. The topological polar surface area (TPSA) is 58.2 Å². The molecule has 1 unspecified atom stereocenters. The Morgan fingerprint density at radius 3 is 2.47 bits per heavy atom. The van der Waals surface area contributed by atoms with E-state index in [9.17, 15) is 8.42 Å². The van der Waals surface area contributed by atoms with Gasteiger partial charge in [0.2, 0.25) is 10.0 Å². The molecule has 0 spiro atoms. The SMILES string of the molecule is O=S(=O)(NCC1CCCCC1)C1CCCNC1. The van der Waals surface area contributed by atoms with Crippen LogP contribution in [0.2, 0.25) is 0 Å². The van der Waals surface area contributed by atoms with Gasteiger partial charge in [0.15, 0.2) is 0 Å². The largest absolute Gasteiger partial charge is 0.315 e. The molecule has 0 bridgehead atoms. The van der Waals surface area contributed by atoms with Gasteiger partial charge in [0, 0.05) is 13.1 Å². The second kappa shape index (κ2) is 6.16. The van der Waals surface area contributed by atoms with E-state index in [2.05, 4.69) is 10.0 Å². The summed E-state index contributed by atoms with van der Waals surface area (Å²) >= 11 is 0. The third kappa shape index (κ3) is 3.93. The Balaban J connectivity index is 1.79. The molecule has 0 aromatic heterocycles. The van der Waals surface area contributed by atoms with Crippen molar-refractivity contribution in [3.05, 3.63) is 0 Å². The van der Waals surface area contributed by atoms with E-state index in [1.165, 1.54) is 32.1 Å². The van der Waals surface area contributed by atoms with Crippen LogP contribution in [0.15, 0.2) is 0 Å². The van der Waals surface area contributed by atoms with Crippen LogP contribution in [-0.4, -0.2) is 33.3 Å². The maximum atomic E-state index is 12.1. The van der Waals surface area contributed by atoms with Crippen LogP contribution in [-0.2, 0) is 10.0 Å². The number of nitrogens with one attached hydrogen (secondary N) is 2. The Kier molecular flexibility index (Phi) is 4.82. The van der Waals surface area contributed by atoms with Crippen molar-refractivity contribution in [2.75, 3.05) is 19.6 Å². The van der Waals surface area contributed by atoms with Gasteiger partial charge in [-0.25, -0.2) is 13.1 Å². The van der Waals surface area contributed by atoms with Crippen molar-refractivity contribution in [1.82, 2.24) is 10.0 Å². The van der Waals surface area contributed by atoms with Crippen LogP contribution in [0.1, 0.15) is 44.9 Å². The lowest BCUT2D eigenvalue weighted by atomic mass is 9.90. The molecule has 1 saturated carbocycles. The molecule has 2 aliphatic rings. The Bertz CT molecular complexity index is 317. The zero-order valence-corrected chi connectivity index (χ0v) is 11.3. The van der Waals surface area contributed by atoms with E-state index in [-0.39, 0.29) is 5.25 Å². The lowest BCUT2D eigenvalue weighted by Gasteiger charge is -2.26. The quantitative estimate of drug-likeness (QED) is 0.799. The summed E-state index contributed by atoms with van der Waals surface area (Å²) < 4.78 is 27.0. The summed E-state index contributed by atoms with van der Waals surface area (Å²) in [7, 11) is -3.10. The summed E-state index contributed by atoms with van der Waals surface area (Å²) in [5.74, 6) is 0.565. The molecular weight excluding hydrogens is 236 g/mol. The molecule has 100 valence electrons. The molecule has 1 saturated heterocycles. The summed E-state index contributed by atoms with van der Waals surface area (Å²) in [6.45, 7) is 2.22. The fourth-order valence-corrected chi connectivity index (χ4v) is 4.35. The smallest absolute Gasteiger partial charge is 0.215 e. The van der Waals surface area contributed by atoms with E-state index in [4.69, 9.17) is 0 Å². The van der Waals surface area contributed by atoms with Crippen LogP contribution in [0.5, 0.6) is 0 Å². The van der Waals surface area contributed by atoms with Gasteiger partial charge in [0.05, 0.1) is 5.25 Å². The first-order valence-corrected chi connectivity index (χ1v) is 8.42. The van der Waals surface area contributed by atoms with E-state index in [0.717, 1.165) is 19.4 Å². The molecule has 2 N–H and O–H groups in total. The van der Waals surface area contributed by atoms with Crippen LogP contribution in [0.25, 0.3) is 0 Å². The summed E-state index contributed by atoms with van der Waals surface area (Å²) in [5, 5.41) is 2.94. The number of hydrogen-bond acceptors (Lipinski definition) is 3. The molecule has 1 heterocycles. The normalized spacial score (nSPS) is 28.1. The highest BCUT2D eigenvalue weighted by Crippen LogP contribution is 2.23. The fourth-order valence-electron chi connectivity index (χ4n) is 2.83. The number of sulfonamides is 1. The first-order valence-electron chi connectivity index (χ1n) is 6.88. The predicted molar refractivity (Wildman–Crippen MR) is 69.4 cm³/mol. The number of rotatable bonds is 4. The average Bonchev–Trinajstić information content (AvgIpc) is 2.39. The van der Waals surface area contributed by atoms with Crippen LogP contribution in [0.3, 0.4) is 0 Å². The minimum atomic E-state index is -3.10. The molecule has 0 aromatic carbocycles. The van der Waals surface area contributed by atoms with Gasteiger partial charge in [-0.3, -0.25) is 0 Å². The molecule has 1 aliphatic carbocycles. The molecular formula is C12H24N2O2S. The summed E-state index contributed by atoms with van der Waals surface area (Å²) in [6, 6.07) is 0. The van der Waals surface area contributed by atoms with Gasteiger partial charge < -0.3 is 5.32 Å². The second-order valence-corrected chi connectivity index (χ2v) is 7.41. The van der Waals surface area contributed by atoms with Crippen molar-refractivity contribution in [2.45, 2.75) is 50.2 Å². The Hall–Kier alpha value is -0.130. The monoisotopic (exact) mass is 260 g/mol. The molecule has 2 rings (SSSR count). The highest BCUT2D eigenvalue weighted by atomic mass is 32.2. The van der Waals surface area contributed by atoms with E-state index < -0.39 is 10.0 Å². The molecule has 0 radical (unpaired) electrons. The molecule has 0 aromatic rings. The summed E-state index contributed by atoms with van der Waals surface area (Å²) in [4.78, 5) is 0. The predicted octanol–water partition coefficient (Wildman–Crippen LogP) is 1.24. The highest BCUT2D eigenvalue weighted by Gasteiger charge is 2.27. The van der Waals surface area contributed by atoms with Gasteiger partial charge >= 0.3 is 0 Å². The zero-order chi connectivity index (χ0) is 12.1. The standard InChI is InChI=1S/C12H24N2O2S/c15-17(16,12-7-4-8-13-10-12)14-9-11-5-2-1-3-6-11/h11-14H,1-10H2. The molecule has 17 heavy (non-hydrogen) atoms. The highest BCUT2D eigenvalue weighted by molar-refractivity contribution is 7.90. The third-order valence-corrected chi connectivity index (χ3v) is 5.84. The Labute approximate surface area is 105 Å². The van der Waals surface area contributed by atoms with Crippen LogP contribution in [0, 0.1) is 5.92 Å². The van der Waals surface area contributed by atoms with Gasteiger partial charge in [-0.2, -0.15) is 0 Å². The number of hydrogen-bond donors (Lipinski definition) is 2. The average molecular weight is 260 g/mol. The van der Waals surface area contributed by atoms with Crippen LogP contribution < -0.4 is 10.0 Å². The van der Waals surface area contributed by atoms with Crippen molar-refractivity contribution in [3.63, 3.8) is 0 Å². The van der Waals surface area contributed by atoms with Crippen molar-refractivity contribution < 1.29 is 8.42 Å².